The van der Waals surface area contributed by atoms with Gasteiger partial charge in [0.25, 0.3) is 0 Å². The minimum atomic E-state index is -0.688. The van der Waals surface area contributed by atoms with Crippen LogP contribution in [-0.2, 0) is 17.6 Å². The highest BCUT2D eigenvalue weighted by Gasteiger charge is 2.30. The van der Waals surface area contributed by atoms with Crippen LogP contribution in [0, 0.1) is 18.8 Å². The van der Waals surface area contributed by atoms with Crippen molar-refractivity contribution in [3.8, 4) is 5.88 Å². The topological polar surface area (TPSA) is 64.2 Å². The molecule has 5 heteroatoms. The second-order valence-corrected chi connectivity index (χ2v) is 7.75. The summed E-state index contributed by atoms with van der Waals surface area (Å²) in [6.45, 7) is 4.05. The number of fused-ring (bicyclic) bond motifs is 3. The van der Waals surface area contributed by atoms with E-state index in [9.17, 15) is 4.79 Å². The zero-order chi connectivity index (χ0) is 18.1. The summed E-state index contributed by atoms with van der Waals surface area (Å²) in [6, 6.07) is 0. The van der Waals surface area contributed by atoms with Crippen LogP contribution in [0.25, 0.3) is 10.9 Å². The van der Waals surface area contributed by atoms with Crippen molar-refractivity contribution in [3.63, 3.8) is 0 Å². The van der Waals surface area contributed by atoms with Crippen molar-refractivity contribution in [2.75, 3.05) is 6.61 Å². The molecule has 1 saturated carbocycles. The zero-order valence-corrected chi connectivity index (χ0v) is 15.8. The van der Waals surface area contributed by atoms with E-state index in [4.69, 9.17) is 9.47 Å². The maximum absolute atomic E-state index is 11.7. The lowest BCUT2D eigenvalue weighted by atomic mass is 9.72. The average molecular weight is 356 g/mol. The van der Waals surface area contributed by atoms with Gasteiger partial charge in [-0.05, 0) is 50.5 Å². The van der Waals surface area contributed by atoms with Crippen molar-refractivity contribution in [2.24, 2.45) is 11.8 Å². The van der Waals surface area contributed by atoms with E-state index >= 15 is 0 Å². The lowest BCUT2D eigenvalue weighted by Crippen LogP contribution is -2.24. The van der Waals surface area contributed by atoms with E-state index in [0.29, 0.717) is 12.5 Å². The van der Waals surface area contributed by atoms with E-state index in [1.54, 1.807) is 13.1 Å². The molecule has 2 heterocycles. The first-order valence-corrected chi connectivity index (χ1v) is 10.0. The van der Waals surface area contributed by atoms with Gasteiger partial charge in [-0.2, -0.15) is 0 Å². The Kier molecular flexibility index (Phi) is 4.88. The number of nitrogens with zero attached hydrogens (tertiary/aromatic N) is 1. The largest absolute Gasteiger partial charge is 0.515 e. The fourth-order valence-corrected chi connectivity index (χ4v) is 4.94. The summed E-state index contributed by atoms with van der Waals surface area (Å²) >= 11 is 0. The second kappa shape index (κ2) is 7.29. The highest BCUT2D eigenvalue weighted by Crippen LogP contribution is 2.41. The molecule has 0 amide bonds. The van der Waals surface area contributed by atoms with Crippen molar-refractivity contribution in [1.82, 2.24) is 9.97 Å². The molecule has 2 aromatic rings. The van der Waals surface area contributed by atoms with Gasteiger partial charge in [0.1, 0.15) is 0 Å². The number of aryl methyl sites for hydroxylation is 2. The number of rotatable bonds is 3. The van der Waals surface area contributed by atoms with Crippen molar-refractivity contribution >= 4 is 17.1 Å². The fourth-order valence-electron chi connectivity index (χ4n) is 4.94. The molecular formula is C21H28N2O3. The van der Waals surface area contributed by atoms with Gasteiger partial charge >= 0.3 is 6.16 Å². The van der Waals surface area contributed by atoms with Gasteiger partial charge in [-0.25, -0.2) is 9.78 Å². The molecule has 1 atom stereocenters. The maximum atomic E-state index is 11.7. The van der Waals surface area contributed by atoms with Gasteiger partial charge in [-0.15, -0.1) is 0 Å². The Bertz CT molecular complexity index is 805. The number of nitrogens with one attached hydrogen (secondary N) is 1. The van der Waals surface area contributed by atoms with Crippen LogP contribution in [0.15, 0.2) is 6.20 Å². The summed E-state index contributed by atoms with van der Waals surface area (Å²) in [4.78, 5) is 19.6. The molecule has 26 heavy (non-hydrogen) atoms. The predicted octanol–water partition coefficient (Wildman–Crippen LogP) is 5.09. The molecule has 2 aliphatic rings. The van der Waals surface area contributed by atoms with Gasteiger partial charge in [0.2, 0.25) is 5.88 Å². The third-order valence-electron chi connectivity index (χ3n) is 6.22. The number of carbonyl (C=O) groups is 1. The Morgan fingerprint density at radius 3 is 2.81 bits per heavy atom. The first-order chi connectivity index (χ1) is 12.7. The van der Waals surface area contributed by atoms with Gasteiger partial charge < -0.3 is 14.5 Å². The maximum Gasteiger partial charge on any atom is 0.515 e. The Hall–Kier alpha value is -2.04. The van der Waals surface area contributed by atoms with Gasteiger partial charge in [0.15, 0.2) is 0 Å². The van der Waals surface area contributed by atoms with E-state index in [0.717, 1.165) is 35.8 Å². The van der Waals surface area contributed by atoms with Crippen molar-refractivity contribution in [1.29, 1.82) is 0 Å². The number of H-pyrrole nitrogens is 1. The molecule has 1 N–H and O–H groups in total. The second-order valence-electron chi connectivity index (χ2n) is 7.75. The van der Waals surface area contributed by atoms with E-state index in [1.165, 1.54) is 55.2 Å². The first-order valence-electron chi connectivity index (χ1n) is 10.0. The fraction of sp³-hybridized carbons (Fsp3) is 0.619. The molecule has 0 aromatic carbocycles. The van der Waals surface area contributed by atoms with Crippen LogP contribution in [-0.4, -0.2) is 22.7 Å². The highest BCUT2D eigenvalue weighted by atomic mass is 16.7. The van der Waals surface area contributed by atoms with Crippen molar-refractivity contribution in [3.05, 3.63) is 23.0 Å². The Morgan fingerprint density at radius 1 is 1.23 bits per heavy atom. The number of aromatic nitrogens is 2. The van der Waals surface area contributed by atoms with Gasteiger partial charge in [-0.3, -0.25) is 0 Å². The zero-order valence-electron chi connectivity index (χ0n) is 15.8. The Labute approximate surface area is 154 Å². The van der Waals surface area contributed by atoms with E-state index in [-0.39, 0.29) is 0 Å². The molecule has 1 unspecified atom stereocenters. The molecule has 2 aliphatic carbocycles. The third-order valence-corrected chi connectivity index (χ3v) is 6.22. The molecule has 0 bridgehead atoms. The molecule has 0 aliphatic heterocycles. The molecule has 2 aromatic heterocycles. The Morgan fingerprint density at radius 2 is 2.04 bits per heavy atom. The quantitative estimate of drug-likeness (QED) is 0.778. The average Bonchev–Trinajstić information content (AvgIpc) is 3.03. The number of hydrogen-bond donors (Lipinski definition) is 1. The summed E-state index contributed by atoms with van der Waals surface area (Å²) < 4.78 is 10.2. The molecule has 1 fully saturated rings. The number of carbonyl (C=O) groups excluding carboxylic acids is 1. The van der Waals surface area contributed by atoms with Crippen LogP contribution in [0.2, 0.25) is 0 Å². The Balaban J connectivity index is 1.64. The van der Waals surface area contributed by atoms with Crippen LogP contribution < -0.4 is 4.74 Å². The highest BCUT2D eigenvalue weighted by molar-refractivity contribution is 5.89. The molecule has 5 nitrogen and oxygen atoms in total. The van der Waals surface area contributed by atoms with E-state index < -0.39 is 6.16 Å². The normalized spacial score (nSPS) is 20.8. The van der Waals surface area contributed by atoms with Crippen LogP contribution in [0.3, 0.4) is 0 Å². The number of pyridine rings is 1. The number of hydrogen-bond acceptors (Lipinski definition) is 4. The smallest absolute Gasteiger partial charge is 0.434 e. The lowest BCUT2D eigenvalue weighted by molar-refractivity contribution is 0.102. The van der Waals surface area contributed by atoms with Gasteiger partial charge in [0, 0.05) is 16.6 Å². The summed E-state index contributed by atoms with van der Waals surface area (Å²) in [5, 5.41) is 1.19. The molecule has 140 valence electrons. The minimum absolute atomic E-state index is 0.294. The molecule has 0 saturated heterocycles. The molecule has 4 rings (SSSR count). The minimum Gasteiger partial charge on any atom is -0.434 e. The molecule has 0 spiro atoms. The van der Waals surface area contributed by atoms with Gasteiger partial charge in [-0.1, -0.05) is 32.1 Å². The van der Waals surface area contributed by atoms with Crippen LogP contribution in [0.5, 0.6) is 5.88 Å². The summed E-state index contributed by atoms with van der Waals surface area (Å²) in [6.07, 6.45) is 11.6. The van der Waals surface area contributed by atoms with Crippen LogP contribution >= 0.6 is 0 Å². The third kappa shape index (κ3) is 3.19. The van der Waals surface area contributed by atoms with E-state index in [2.05, 4.69) is 9.97 Å². The monoisotopic (exact) mass is 356 g/mol. The van der Waals surface area contributed by atoms with Gasteiger partial charge in [0.05, 0.1) is 18.3 Å². The van der Waals surface area contributed by atoms with Crippen molar-refractivity contribution in [2.45, 2.75) is 65.2 Å². The first kappa shape index (κ1) is 17.4. The SMILES string of the molecule is CCOC(=O)Oc1ncc2[nH]c3c(c2c1C)CC(C1CCCCC1)CC3. The van der Waals surface area contributed by atoms with E-state index in [1.807, 2.05) is 6.92 Å². The standard InChI is InChI=1S/C21H28N2O3/c1-3-25-21(24)26-20-13(2)19-16-11-15(14-7-5-4-6-8-14)9-10-17(16)23-18(19)12-22-20/h12,14-15,23H,3-11H2,1-2H3. The number of aromatic amines is 1. The van der Waals surface area contributed by atoms with Crippen LogP contribution in [0.1, 0.15) is 62.3 Å². The number of ether oxygens (including phenoxy) is 2. The summed E-state index contributed by atoms with van der Waals surface area (Å²) in [7, 11) is 0. The summed E-state index contributed by atoms with van der Waals surface area (Å²) in [5.41, 5.74) is 4.73. The van der Waals surface area contributed by atoms with Crippen LogP contribution in [0.4, 0.5) is 4.79 Å². The lowest BCUT2D eigenvalue weighted by Gasteiger charge is -2.33. The predicted molar refractivity (Wildman–Crippen MR) is 101 cm³/mol. The van der Waals surface area contributed by atoms with Crippen molar-refractivity contribution < 1.29 is 14.3 Å². The molecular weight excluding hydrogens is 328 g/mol. The molecule has 0 radical (unpaired) electrons. The summed E-state index contributed by atoms with van der Waals surface area (Å²) in [5.74, 6) is 2.01.